The minimum Gasteiger partial charge on any atom is -0.351 e. The summed E-state index contributed by atoms with van der Waals surface area (Å²) in [7, 11) is 0. The molecule has 0 atom stereocenters. The Morgan fingerprint density at radius 1 is 1.20 bits per heavy atom. The molecule has 0 saturated heterocycles. The molecule has 4 rings (SSSR count). The topological polar surface area (TPSA) is 59.3 Å². The van der Waals surface area contributed by atoms with E-state index in [0.29, 0.717) is 17.2 Å². The summed E-state index contributed by atoms with van der Waals surface area (Å²) in [5.41, 5.74) is 4.07. The van der Waals surface area contributed by atoms with Gasteiger partial charge in [0.2, 0.25) is 5.91 Å². The van der Waals surface area contributed by atoms with Crippen LogP contribution in [0.4, 0.5) is 4.39 Å². The van der Waals surface area contributed by atoms with Crippen molar-refractivity contribution in [1.29, 1.82) is 0 Å². The molecule has 4 aromatic rings. The van der Waals surface area contributed by atoms with Crippen LogP contribution in [0.1, 0.15) is 11.3 Å². The maximum atomic E-state index is 13.3. The molecule has 0 aliphatic heterocycles. The number of halogens is 2. The molecule has 30 heavy (non-hydrogen) atoms. The van der Waals surface area contributed by atoms with Crippen LogP contribution in [0, 0.1) is 12.7 Å². The van der Waals surface area contributed by atoms with Crippen molar-refractivity contribution < 1.29 is 9.18 Å². The van der Waals surface area contributed by atoms with Crippen LogP contribution in [-0.4, -0.2) is 26.3 Å². The number of aromatic nitrogens is 3. The second-order valence-corrected chi connectivity index (χ2v) is 8.16. The Balaban J connectivity index is 1.49. The highest BCUT2D eigenvalue weighted by Crippen LogP contribution is 2.27. The van der Waals surface area contributed by atoms with Gasteiger partial charge in [-0.25, -0.2) is 13.9 Å². The number of carbonyl (C=O) groups excluding carboxylic acids is 1. The fraction of sp³-hybridized carbons (Fsp3) is 0.136. The molecule has 1 amide bonds. The number of aryl methyl sites for hydroxylation is 1. The van der Waals surface area contributed by atoms with Crippen molar-refractivity contribution in [2.24, 2.45) is 0 Å². The van der Waals surface area contributed by atoms with Crippen LogP contribution in [0.2, 0.25) is 5.02 Å². The number of rotatable bonds is 6. The highest BCUT2D eigenvalue weighted by Gasteiger charge is 2.14. The summed E-state index contributed by atoms with van der Waals surface area (Å²) in [6, 6.07) is 15.5. The monoisotopic (exact) mass is 440 g/mol. The third kappa shape index (κ3) is 4.63. The molecule has 5 nitrogen and oxygen atoms in total. The fourth-order valence-corrected chi connectivity index (χ4v) is 4.13. The Morgan fingerprint density at radius 3 is 2.77 bits per heavy atom. The molecule has 0 fully saturated rings. The highest BCUT2D eigenvalue weighted by molar-refractivity contribution is 7.99. The average Bonchev–Trinajstić information content (AvgIpc) is 3.15. The standard InChI is InChI=1S/C22H18ClFN4OS/c1-14-9-21(30-13-20(29)25-11-15-3-2-4-17(23)10-15)28-22(27-14)19(12-26-28)16-5-7-18(24)8-6-16/h2-10,12H,11,13H2,1H3,(H,25,29). The first kappa shape index (κ1) is 20.4. The number of thioether (sulfide) groups is 1. The van der Waals surface area contributed by atoms with E-state index in [1.54, 1.807) is 28.9 Å². The van der Waals surface area contributed by atoms with Crippen molar-refractivity contribution in [2.45, 2.75) is 18.5 Å². The minimum atomic E-state index is -0.292. The van der Waals surface area contributed by atoms with Gasteiger partial charge in [0.05, 0.1) is 11.9 Å². The number of carbonyl (C=O) groups is 1. The Bertz CT molecular complexity index is 1210. The van der Waals surface area contributed by atoms with Crippen LogP contribution in [0.5, 0.6) is 0 Å². The molecule has 0 saturated carbocycles. The lowest BCUT2D eigenvalue weighted by atomic mass is 10.1. The number of amides is 1. The largest absolute Gasteiger partial charge is 0.351 e. The van der Waals surface area contributed by atoms with Crippen molar-refractivity contribution in [2.75, 3.05) is 5.75 Å². The predicted octanol–water partition coefficient (Wildman–Crippen LogP) is 4.91. The molecule has 2 heterocycles. The van der Waals surface area contributed by atoms with E-state index in [-0.39, 0.29) is 17.5 Å². The summed E-state index contributed by atoms with van der Waals surface area (Å²) in [6.45, 7) is 2.31. The zero-order chi connectivity index (χ0) is 21.1. The molecule has 0 aliphatic rings. The van der Waals surface area contributed by atoms with Gasteiger partial charge in [-0.1, -0.05) is 47.6 Å². The van der Waals surface area contributed by atoms with E-state index < -0.39 is 0 Å². The zero-order valence-electron chi connectivity index (χ0n) is 16.1. The van der Waals surface area contributed by atoms with Crippen molar-refractivity contribution in [3.05, 3.63) is 82.9 Å². The van der Waals surface area contributed by atoms with Crippen molar-refractivity contribution in [3.8, 4) is 11.1 Å². The van der Waals surface area contributed by atoms with Crippen LogP contribution in [0.3, 0.4) is 0 Å². The Hall–Kier alpha value is -2.90. The lowest BCUT2D eigenvalue weighted by Crippen LogP contribution is -2.24. The predicted molar refractivity (Wildman–Crippen MR) is 117 cm³/mol. The Labute approximate surface area is 182 Å². The molecule has 1 N–H and O–H groups in total. The molecule has 2 aromatic carbocycles. The summed E-state index contributed by atoms with van der Waals surface area (Å²) < 4.78 is 15.0. The van der Waals surface area contributed by atoms with Crippen LogP contribution in [0.25, 0.3) is 16.8 Å². The molecule has 0 spiro atoms. The number of hydrogen-bond donors (Lipinski definition) is 1. The number of nitrogens with zero attached hydrogens (tertiary/aromatic N) is 3. The lowest BCUT2D eigenvalue weighted by Gasteiger charge is -2.08. The van der Waals surface area contributed by atoms with Gasteiger partial charge in [0, 0.05) is 22.8 Å². The number of fused-ring (bicyclic) bond motifs is 1. The smallest absolute Gasteiger partial charge is 0.230 e. The number of hydrogen-bond acceptors (Lipinski definition) is 4. The van der Waals surface area contributed by atoms with Crippen molar-refractivity contribution in [3.63, 3.8) is 0 Å². The summed E-state index contributed by atoms with van der Waals surface area (Å²) in [5, 5.41) is 8.78. The van der Waals surface area contributed by atoms with Crippen LogP contribution in [0.15, 0.2) is 65.8 Å². The Morgan fingerprint density at radius 2 is 2.00 bits per heavy atom. The quantitative estimate of drug-likeness (QED) is 0.342. The molecule has 0 radical (unpaired) electrons. The third-order valence-electron chi connectivity index (χ3n) is 4.45. The van der Waals surface area contributed by atoms with Gasteiger partial charge in [-0.15, -0.1) is 0 Å². The van der Waals surface area contributed by atoms with E-state index in [1.165, 1.54) is 23.9 Å². The number of benzene rings is 2. The van der Waals surface area contributed by atoms with Gasteiger partial charge in [0.1, 0.15) is 10.8 Å². The molecule has 0 bridgehead atoms. The van der Waals surface area contributed by atoms with Crippen LogP contribution < -0.4 is 5.32 Å². The maximum Gasteiger partial charge on any atom is 0.230 e. The highest BCUT2D eigenvalue weighted by atomic mass is 35.5. The Kier molecular flexibility index (Phi) is 6.01. The number of nitrogens with one attached hydrogen (secondary N) is 1. The van der Waals surface area contributed by atoms with E-state index in [9.17, 15) is 9.18 Å². The second-order valence-electron chi connectivity index (χ2n) is 6.73. The molecular formula is C22H18ClFN4OS. The summed E-state index contributed by atoms with van der Waals surface area (Å²) in [6.07, 6.45) is 1.71. The summed E-state index contributed by atoms with van der Waals surface area (Å²) in [4.78, 5) is 16.9. The molecule has 8 heteroatoms. The van der Waals surface area contributed by atoms with Crippen LogP contribution in [-0.2, 0) is 11.3 Å². The van der Waals surface area contributed by atoms with E-state index in [4.69, 9.17) is 11.6 Å². The lowest BCUT2D eigenvalue weighted by molar-refractivity contribution is -0.118. The normalized spacial score (nSPS) is 11.0. The molecule has 0 unspecified atom stereocenters. The van der Waals surface area contributed by atoms with Gasteiger partial charge in [-0.05, 0) is 48.4 Å². The first-order valence-electron chi connectivity index (χ1n) is 9.25. The summed E-state index contributed by atoms with van der Waals surface area (Å²) in [5.74, 6) is -0.141. The van der Waals surface area contributed by atoms with E-state index in [1.807, 2.05) is 31.2 Å². The fourth-order valence-electron chi connectivity index (χ4n) is 3.02. The van der Waals surface area contributed by atoms with E-state index in [2.05, 4.69) is 15.4 Å². The van der Waals surface area contributed by atoms with Gasteiger partial charge < -0.3 is 5.32 Å². The first-order valence-corrected chi connectivity index (χ1v) is 10.6. The van der Waals surface area contributed by atoms with Crippen LogP contribution >= 0.6 is 23.4 Å². The molecule has 152 valence electrons. The first-order chi connectivity index (χ1) is 14.5. The van der Waals surface area contributed by atoms with Gasteiger partial charge in [-0.2, -0.15) is 5.10 Å². The summed E-state index contributed by atoms with van der Waals surface area (Å²) >= 11 is 7.36. The molecular weight excluding hydrogens is 423 g/mol. The third-order valence-corrected chi connectivity index (χ3v) is 5.68. The molecule has 2 aromatic heterocycles. The zero-order valence-corrected chi connectivity index (χ0v) is 17.7. The van der Waals surface area contributed by atoms with Crippen molar-refractivity contribution >= 4 is 34.9 Å². The van der Waals surface area contributed by atoms with Gasteiger partial charge >= 0.3 is 0 Å². The maximum absolute atomic E-state index is 13.3. The minimum absolute atomic E-state index is 0.0893. The van der Waals surface area contributed by atoms with Crippen molar-refractivity contribution in [1.82, 2.24) is 19.9 Å². The SMILES string of the molecule is Cc1cc(SCC(=O)NCc2cccc(Cl)c2)n2ncc(-c3ccc(F)cc3)c2n1. The van der Waals surface area contributed by atoms with Gasteiger partial charge in [-0.3, -0.25) is 4.79 Å². The van der Waals surface area contributed by atoms with Gasteiger partial charge in [0.15, 0.2) is 5.65 Å². The average molecular weight is 441 g/mol. The van der Waals surface area contributed by atoms with E-state index >= 15 is 0 Å². The second kappa shape index (κ2) is 8.85. The van der Waals surface area contributed by atoms with E-state index in [0.717, 1.165) is 27.4 Å². The molecule has 0 aliphatic carbocycles. The van der Waals surface area contributed by atoms with Gasteiger partial charge in [0.25, 0.3) is 0 Å².